The van der Waals surface area contributed by atoms with E-state index in [4.69, 9.17) is 9.84 Å². The molecule has 2 aromatic rings. The van der Waals surface area contributed by atoms with Crippen molar-refractivity contribution >= 4 is 11.9 Å². The number of hydrogen-bond donors (Lipinski definition) is 2. The quantitative estimate of drug-likeness (QED) is 0.810. The standard InChI is InChI=1S/C20H23NO4/c1-13(2)19(20(23)24)21-18(22)12-25-17-10-8-16(9-11-17)15-6-4-14(3)5-7-15/h4-11,13,19H,12H2,1-3H3,(H,21,22)(H,23,24)/t19-/m0/s1. The second-order valence-electron chi connectivity index (χ2n) is 6.31. The van der Waals surface area contributed by atoms with Crippen LogP contribution in [0.25, 0.3) is 11.1 Å². The first-order chi connectivity index (χ1) is 11.9. The summed E-state index contributed by atoms with van der Waals surface area (Å²) in [5.74, 6) is -1.15. The second kappa shape index (κ2) is 8.33. The molecule has 1 amide bonds. The molecule has 0 aromatic heterocycles. The van der Waals surface area contributed by atoms with Gasteiger partial charge in [-0.05, 0) is 36.1 Å². The van der Waals surface area contributed by atoms with Crippen molar-refractivity contribution in [3.63, 3.8) is 0 Å². The molecule has 132 valence electrons. The molecule has 0 fully saturated rings. The van der Waals surface area contributed by atoms with Crippen LogP contribution in [0, 0.1) is 12.8 Å². The molecule has 0 radical (unpaired) electrons. The van der Waals surface area contributed by atoms with Gasteiger partial charge in [-0.15, -0.1) is 0 Å². The van der Waals surface area contributed by atoms with Crippen LogP contribution in [0.4, 0.5) is 0 Å². The van der Waals surface area contributed by atoms with Crippen molar-refractivity contribution in [2.24, 2.45) is 5.92 Å². The number of rotatable bonds is 7. The van der Waals surface area contributed by atoms with E-state index in [0.29, 0.717) is 5.75 Å². The van der Waals surface area contributed by atoms with Crippen molar-refractivity contribution in [2.45, 2.75) is 26.8 Å². The number of amides is 1. The Morgan fingerprint density at radius 1 is 1.00 bits per heavy atom. The maximum atomic E-state index is 11.9. The lowest BCUT2D eigenvalue weighted by atomic mass is 10.0. The number of carboxylic acid groups (broad SMARTS) is 1. The monoisotopic (exact) mass is 341 g/mol. The Kier molecular flexibility index (Phi) is 6.17. The van der Waals surface area contributed by atoms with Crippen molar-refractivity contribution in [2.75, 3.05) is 6.61 Å². The smallest absolute Gasteiger partial charge is 0.326 e. The van der Waals surface area contributed by atoms with E-state index in [-0.39, 0.29) is 12.5 Å². The highest BCUT2D eigenvalue weighted by atomic mass is 16.5. The molecule has 2 N–H and O–H groups in total. The summed E-state index contributed by atoms with van der Waals surface area (Å²) in [6, 6.07) is 14.7. The van der Waals surface area contributed by atoms with E-state index in [0.717, 1.165) is 11.1 Å². The predicted octanol–water partition coefficient (Wildman–Crippen LogP) is 3.27. The van der Waals surface area contributed by atoms with Crippen molar-refractivity contribution in [1.82, 2.24) is 5.32 Å². The Morgan fingerprint density at radius 3 is 2.00 bits per heavy atom. The number of benzene rings is 2. The van der Waals surface area contributed by atoms with E-state index < -0.39 is 17.9 Å². The molecule has 0 saturated heterocycles. The highest BCUT2D eigenvalue weighted by Gasteiger charge is 2.23. The molecule has 1 atom stereocenters. The Hall–Kier alpha value is -2.82. The number of nitrogens with one attached hydrogen (secondary N) is 1. The van der Waals surface area contributed by atoms with Gasteiger partial charge >= 0.3 is 5.97 Å². The number of carbonyl (C=O) groups excluding carboxylic acids is 1. The number of carboxylic acids is 1. The summed E-state index contributed by atoms with van der Waals surface area (Å²) < 4.78 is 5.43. The average Bonchev–Trinajstić information content (AvgIpc) is 2.58. The number of carbonyl (C=O) groups is 2. The molecule has 0 aliphatic carbocycles. The van der Waals surface area contributed by atoms with Crippen LogP contribution in [0.1, 0.15) is 19.4 Å². The van der Waals surface area contributed by atoms with Crippen molar-refractivity contribution in [3.05, 3.63) is 54.1 Å². The fourth-order valence-electron chi connectivity index (χ4n) is 2.37. The first kappa shape index (κ1) is 18.5. The molecule has 0 spiro atoms. The summed E-state index contributed by atoms with van der Waals surface area (Å²) in [6.07, 6.45) is 0. The molecule has 0 aliphatic rings. The Labute approximate surface area is 147 Å². The molecule has 0 unspecified atom stereocenters. The molecule has 0 saturated carbocycles. The van der Waals surface area contributed by atoms with Gasteiger partial charge in [-0.2, -0.15) is 0 Å². The Balaban J connectivity index is 1.92. The highest BCUT2D eigenvalue weighted by Crippen LogP contribution is 2.22. The summed E-state index contributed by atoms with van der Waals surface area (Å²) in [7, 11) is 0. The molecule has 2 aromatic carbocycles. The van der Waals surface area contributed by atoms with Crippen molar-refractivity contribution in [1.29, 1.82) is 0 Å². The summed E-state index contributed by atoms with van der Waals surface area (Å²) in [4.78, 5) is 22.9. The number of ether oxygens (including phenoxy) is 1. The van der Waals surface area contributed by atoms with Gasteiger partial charge in [0.15, 0.2) is 6.61 Å². The maximum absolute atomic E-state index is 11.9. The van der Waals surface area contributed by atoms with Gasteiger partial charge in [0.1, 0.15) is 11.8 Å². The molecule has 2 rings (SSSR count). The average molecular weight is 341 g/mol. The number of hydrogen-bond acceptors (Lipinski definition) is 3. The van der Waals surface area contributed by atoms with E-state index in [1.54, 1.807) is 26.0 Å². The minimum absolute atomic E-state index is 0.199. The van der Waals surface area contributed by atoms with Gasteiger partial charge < -0.3 is 15.2 Å². The largest absolute Gasteiger partial charge is 0.484 e. The lowest BCUT2D eigenvalue weighted by Gasteiger charge is -2.18. The highest BCUT2D eigenvalue weighted by molar-refractivity contribution is 5.84. The summed E-state index contributed by atoms with van der Waals surface area (Å²) in [6.45, 7) is 5.30. The van der Waals surface area contributed by atoms with Gasteiger partial charge in [0.25, 0.3) is 5.91 Å². The van der Waals surface area contributed by atoms with E-state index in [1.165, 1.54) is 5.56 Å². The van der Waals surface area contributed by atoms with Crippen LogP contribution >= 0.6 is 0 Å². The molecule has 0 heterocycles. The van der Waals surface area contributed by atoms with E-state index >= 15 is 0 Å². The Bertz CT molecular complexity index is 720. The minimum atomic E-state index is -1.05. The first-order valence-corrected chi connectivity index (χ1v) is 8.19. The molecule has 0 bridgehead atoms. The third kappa shape index (κ3) is 5.35. The fourth-order valence-corrected chi connectivity index (χ4v) is 2.37. The van der Waals surface area contributed by atoms with Gasteiger partial charge in [0, 0.05) is 0 Å². The molecule has 25 heavy (non-hydrogen) atoms. The topological polar surface area (TPSA) is 75.6 Å². The summed E-state index contributed by atoms with van der Waals surface area (Å²) >= 11 is 0. The van der Waals surface area contributed by atoms with E-state index in [9.17, 15) is 9.59 Å². The van der Waals surface area contributed by atoms with E-state index in [1.807, 2.05) is 19.1 Å². The van der Waals surface area contributed by atoms with Gasteiger partial charge in [0.2, 0.25) is 0 Å². The molecule has 0 aliphatic heterocycles. The molecule has 5 heteroatoms. The second-order valence-corrected chi connectivity index (χ2v) is 6.31. The predicted molar refractivity (Wildman–Crippen MR) is 96.5 cm³/mol. The molecular formula is C20H23NO4. The lowest BCUT2D eigenvalue weighted by Crippen LogP contribution is -2.46. The third-order valence-electron chi connectivity index (χ3n) is 3.86. The van der Waals surface area contributed by atoms with E-state index in [2.05, 4.69) is 29.6 Å². The normalized spacial score (nSPS) is 11.8. The Morgan fingerprint density at radius 2 is 1.52 bits per heavy atom. The van der Waals surface area contributed by atoms with Crippen molar-refractivity contribution < 1.29 is 19.4 Å². The SMILES string of the molecule is Cc1ccc(-c2ccc(OCC(=O)N[C@H](C(=O)O)C(C)C)cc2)cc1. The zero-order valence-electron chi connectivity index (χ0n) is 14.7. The zero-order valence-corrected chi connectivity index (χ0v) is 14.7. The van der Waals surface area contributed by atoms with Crippen molar-refractivity contribution in [3.8, 4) is 16.9 Å². The van der Waals surface area contributed by atoms with Crippen LogP contribution in [0.5, 0.6) is 5.75 Å². The molecule has 5 nitrogen and oxygen atoms in total. The van der Waals surface area contributed by atoms with Crippen LogP contribution < -0.4 is 10.1 Å². The molecular weight excluding hydrogens is 318 g/mol. The first-order valence-electron chi connectivity index (χ1n) is 8.19. The maximum Gasteiger partial charge on any atom is 0.326 e. The van der Waals surface area contributed by atoms with Gasteiger partial charge in [0.05, 0.1) is 0 Å². The lowest BCUT2D eigenvalue weighted by molar-refractivity contribution is -0.143. The van der Waals surface area contributed by atoms with Crippen LogP contribution in [0.3, 0.4) is 0 Å². The van der Waals surface area contributed by atoms with Gasteiger partial charge in [-0.25, -0.2) is 4.79 Å². The van der Waals surface area contributed by atoms with Crippen LogP contribution in [-0.4, -0.2) is 29.6 Å². The summed E-state index contributed by atoms with van der Waals surface area (Å²) in [5, 5.41) is 11.5. The van der Waals surface area contributed by atoms with Crippen LogP contribution in [-0.2, 0) is 9.59 Å². The fraction of sp³-hybridized carbons (Fsp3) is 0.300. The number of aryl methyl sites for hydroxylation is 1. The third-order valence-corrected chi connectivity index (χ3v) is 3.86. The van der Waals surface area contributed by atoms with Crippen LogP contribution in [0.15, 0.2) is 48.5 Å². The minimum Gasteiger partial charge on any atom is -0.484 e. The van der Waals surface area contributed by atoms with Gasteiger partial charge in [-0.1, -0.05) is 55.8 Å². The number of aliphatic carboxylic acids is 1. The van der Waals surface area contributed by atoms with Gasteiger partial charge in [-0.3, -0.25) is 4.79 Å². The van der Waals surface area contributed by atoms with Crippen LogP contribution in [0.2, 0.25) is 0 Å². The zero-order chi connectivity index (χ0) is 18.4. The summed E-state index contributed by atoms with van der Waals surface area (Å²) in [5.41, 5.74) is 3.37.